The fourth-order valence-electron chi connectivity index (χ4n) is 7.31. The van der Waals surface area contributed by atoms with Crippen LogP contribution in [0, 0.1) is 23.5 Å². The van der Waals surface area contributed by atoms with Crippen molar-refractivity contribution in [3.8, 4) is 5.75 Å². The minimum atomic E-state index is -1.61. The van der Waals surface area contributed by atoms with Gasteiger partial charge in [0.05, 0.1) is 44.0 Å². The summed E-state index contributed by atoms with van der Waals surface area (Å²) in [5.74, 6) is -9.76. The molecule has 1 aliphatic rings. The van der Waals surface area contributed by atoms with E-state index in [0.717, 1.165) is 37.8 Å². The van der Waals surface area contributed by atoms with Crippen molar-refractivity contribution in [2.24, 2.45) is 11.8 Å². The Balaban J connectivity index is 1.37. The minimum Gasteiger partial charge on any atom is -0.480 e. The molecule has 3 aromatic carbocycles. The van der Waals surface area contributed by atoms with Gasteiger partial charge in [-0.2, -0.15) is 0 Å². The summed E-state index contributed by atoms with van der Waals surface area (Å²) in [6, 6.07) is 14.4. The maximum Gasteiger partial charge on any atom is 0.308 e. The summed E-state index contributed by atoms with van der Waals surface area (Å²) in [7, 11) is 2.19. The van der Waals surface area contributed by atoms with Crippen LogP contribution in [-0.2, 0) is 56.0 Å². The third-order valence-corrected chi connectivity index (χ3v) is 11.1. The van der Waals surface area contributed by atoms with Crippen LogP contribution in [0.25, 0.3) is 16.6 Å². The van der Waals surface area contributed by atoms with Crippen molar-refractivity contribution in [3.05, 3.63) is 114 Å². The second-order valence-electron chi connectivity index (χ2n) is 16.4. The number of hydrogen-bond acceptors (Lipinski definition) is 12. The molecule has 0 fully saturated rings. The quantitative estimate of drug-likeness (QED) is 0.0930. The molecule has 1 aromatic heterocycles. The number of methoxy groups -OCH3 is 2. The van der Waals surface area contributed by atoms with E-state index in [1.165, 1.54) is 4.90 Å². The van der Waals surface area contributed by atoms with Crippen LogP contribution in [0.2, 0.25) is 0 Å². The van der Waals surface area contributed by atoms with Gasteiger partial charge in [-0.3, -0.25) is 33.6 Å². The number of benzene rings is 3. The predicted molar refractivity (Wildman–Crippen MR) is 238 cm³/mol. The van der Waals surface area contributed by atoms with E-state index in [4.69, 9.17) is 14.2 Å². The van der Waals surface area contributed by atoms with Crippen molar-refractivity contribution in [1.82, 2.24) is 31.2 Å². The lowest BCUT2D eigenvalue weighted by Gasteiger charge is -2.39. The Kier molecular flexibility index (Phi) is 17.0. The highest BCUT2D eigenvalue weighted by Gasteiger charge is 2.41. The monoisotopic (exact) mass is 912 g/mol. The first kappa shape index (κ1) is 49.8. The largest absolute Gasteiger partial charge is 0.480 e. The molecule has 0 saturated carbocycles. The van der Waals surface area contributed by atoms with E-state index in [1.54, 1.807) is 58.0 Å². The summed E-state index contributed by atoms with van der Waals surface area (Å²) in [5.41, 5.74) is 2.93. The fourth-order valence-corrected chi connectivity index (χ4v) is 7.31. The van der Waals surface area contributed by atoms with Crippen LogP contribution in [0.3, 0.4) is 0 Å². The van der Waals surface area contributed by atoms with E-state index in [1.807, 2.05) is 30.3 Å². The summed E-state index contributed by atoms with van der Waals surface area (Å²) in [4.78, 5) is 102. The Hall–Kier alpha value is -7.24. The van der Waals surface area contributed by atoms with E-state index in [0.29, 0.717) is 28.0 Å². The molecule has 0 saturated heterocycles. The first-order valence-electron chi connectivity index (χ1n) is 21.2. The number of hydrogen-bond donors (Lipinski definition) is 4. The summed E-state index contributed by atoms with van der Waals surface area (Å²) >= 11 is 0. The molecule has 16 nitrogen and oxygen atoms in total. The highest BCUT2D eigenvalue weighted by molar-refractivity contribution is 5.98. The van der Waals surface area contributed by atoms with Gasteiger partial charge >= 0.3 is 11.9 Å². The smallest absolute Gasteiger partial charge is 0.308 e. The van der Waals surface area contributed by atoms with Crippen LogP contribution in [0.4, 0.5) is 8.78 Å². The van der Waals surface area contributed by atoms with Crippen molar-refractivity contribution in [1.29, 1.82) is 0 Å². The lowest BCUT2D eigenvalue weighted by atomic mass is 9.91. The molecule has 4 amide bonds. The number of halogens is 2. The molecular formula is C48H54F2N6O10. The van der Waals surface area contributed by atoms with Crippen LogP contribution < -0.4 is 26.0 Å². The first-order chi connectivity index (χ1) is 31.4. The molecule has 66 heavy (non-hydrogen) atoms. The number of carbonyl (C=O) groups excluding carboxylic acids is 7. The molecule has 3 unspecified atom stereocenters. The van der Waals surface area contributed by atoms with E-state index >= 15 is 0 Å². The Labute approximate surface area is 380 Å². The molecule has 0 radical (unpaired) electrons. The third kappa shape index (κ3) is 12.5. The third-order valence-electron chi connectivity index (χ3n) is 11.1. The molecule has 18 heteroatoms. The molecule has 2 heterocycles. The van der Waals surface area contributed by atoms with Crippen molar-refractivity contribution in [3.63, 3.8) is 0 Å². The first-order valence-corrected chi connectivity index (χ1v) is 21.2. The topological polar surface area (TPSA) is 211 Å². The molecule has 1 aliphatic heterocycles. The van der Waals surface area contributed by atoms with E-state index < -0.39 is 114 Å². The van der Waals surface area contributed by atoms with Crippen molar-refractivity contribution in [2.45, 2.75) is 83.7 Å². The van der Waals surface area contributed by atoms with Gasteiger partial charge in [-0.15, -0.1) is 0 Å². The van der Waals surface area contributed by atoms with Gasteiger partial charge in [0.25, 0.3) is 0 Å². The Bertz CT molecular complexity index is 2460. The van der Waals surface area contributed by atoms with Crippen LogP contribution in [0.15, 0.2) is 85.4 Å². The van der Waals surface area contributed by atoms with Crippen LogP contribution >= 0.6 is 0 Å². The van der Waals surface area contributed by atoms with Gasteiger partial charge in [0.15, 0.2) is 23.2 Å². The number of ether oxygens (including phenoxy) is 3. The van der Waals surface area contributed by atoms with E-state index in [2.05, 4.69) is 32.8 Å². The maximum absolute atomic E-state index is 14.7. The standard InChI is InChI=1S/C48H54F2N6O10/c1-26(2)42(51-28(5)34-20-19-29-13-10-11-18-35(29)52-34)47(62)54-37(23-41(59)65-7)45(60)55-43(27(3)4)48(63)56-24-31-15-9-8-14-30(31)21-38(56)46(61)53-36(22-40(58)64-6)39(57)25-66-44-32(49)16-12-17-33(44)50/h8-20,26-27,36-38,42-43,51H,5,21-25H2,1-4,6-7H3,(H,53,61)(H,54,62)(H,55,60)/t36?,37-,38-,42?,43?/m0/s1. The second kappa shape index (κ2) is 22.6. The zero-order chi connectivity index (χ0) is 48.2. The van der Waals surface area contributed by atoms with Crippen LogP contribution in [0.1, 0.15) is 57.4 Å². The normalized spacial score (nSPS) is 15.1. The highest BCUT2D eigenvalue weighted by atomic mass is 19.1. The average Bonchev–Trinajstić information content (AvgIpc) is 3.30. The van der Waals surface area contributed by atoms with Gasteiger partial charge < -0.3 is 40.4 Å². The van der Waals surface area contributed by atoms with E-state index in [9.17, 15) is 42.3 Å². The Morgan fingerprint density at radius 3 is 1.95 bits per heavy atom. The van der Waals surface area contributed by atoms with Gasteiger partial charge in [-0.05, 0) is 47.2 Å². The minimum absolute atomic E-state index is 0.0484. The van der Waals surface area contributed by atoms with Gasteiger partial charge in [0.2, 0.25) is 23.6 Å². The maximum atomic E-state index is 14.7. The number of esters is 2. The highest BCUT2D eigenvalue weighted by Crippen LogP contribution is 2.26. The molecule has 4 aromatic rings. The zero-order valence-corrected chi connectivity index (χ0v) is 37.5. The summed E-state index contributed by atoms with van der Waals surface area (Å²) in [5, 5.41) is 11.9. The van der Waals surface area contributed by atoms with E-state index in [-0.39, 0.29) is 18.9 Å². The number of pyridine rings is 1. The average molecular weight is 913 g/mol. The van der Waals surface area contributed by atoms with Crippen molar-refractivity contribution < 1.29 is 56.6 Å². The van der Waals surface area contributed by atoms with Gasteiger partial charge in [-0.25, -0.2) is 13.8 Å². The number of Topliss-reactive ketones (excluding diaryl/α,β-unsaturated/α-hetero) is 1. The Morgan fingerprint density at radius 1 is 0.712 bits per heavy atom. The molecule has 350 valence electrons. The molecule has 0 aliphatic carbocycles. The van der Waals surface area contributed by atoms with Gasteiger partial charge in [0, 0.05) is 18.4 Å². The molecular weight excluding hydrogens is 859 g/mol. The number of amides is 4. The number of para-hydroxylation sites is 2. The zero-order valence-electron chi connectivity index (χ0n) is 37.5. The number of aromatic nitrogens is 1. The van der Waals surface area contributed by atoms with Gasteiger partial charge in [-0.1, -0.05) is 88.9 Å². The number of carbonyl (C=O) groups is 7. The number of fused-ring (bicyclic) bond motifs is 2. The lowest BCUT2D eigenvalue weighted by Crippen LogP contribution is -2.62. The fraction of sp³-hybridized carbons (Fsp3) is 0.375. The number of ketones is 1. The number of nitrogens with one attached hydrogen (secondary N) is 4. The SMILES string of the molecule is C=C(NC(C(=O)N[C@@H](CC(=O)OC)C(=O)NC(C(=O)N1Cc2ccccc2C[C@H]1C(=O)NC(CC(=O)OC)C(=O)COc1c(F)cccc1F)C(C)C)C(C)C)c1ccc2ccccc2n1. The molecule has 5 atom stereocenters. The second-order valence-corrected chi connectivity index (χ2v) is 16.4. The molecule has 0 spiro atoms. The van der Waals surface area contributed by atoms with Crippen LogP contribution in [-0.4, -0.2) is 102 Å². The molecule has 5 rings (SSSR count). The van der Waals surface area contributed by atoms with Crippen molar-refractivity contribution >= 4 is 58.0 Å². The summed E-state index contributed by atoms with van der Waals surface area (Å²) < 4.78 is 43.3. The predicted octanol–water partition coefficient (Wildman–Crippen LogP) is 3.94. The number of nitrogens with zero attached hydrogens (tertiary/aromatic N) is 2. The summed E-state index contributed by atoms with van der Waals surface area (Å²) in [6.45, 7) is 9.89. The van der Waals surface area contributed by atoms with Crippen LogP contribution in [0.5, 0.6) is 5.75 Å². The number of rotatable bonds is 20. The van der Waals surface area contributed by atoms with Crippen molar-refractivity contribution in [2.75, 3.05) is 20.8 Å². The lowest BCUT2D eigenvalue weighted by molar-refractivity contribution is -0.148. The van der Waals surface area contributed by atoms with Gasteiger partial charge in [0.1, 0.15) is 36.8 Å². The summed E-state index contributed by atoms with van der Waals surface area (Å²) in [6.07, 6.45) is -1.33. The molecule has 4 N–H and O–H groups in total. The Morgan fingerprint density at radius 2 is 1.32 bits per heavy atom. The molecule has 0 bridgehead atoms.